The first kappa shape index (κ1) is 33.8. The van der Waals surface area contributed by atoms with Crippen molar-refractivity contribution in [3.05, 3.63) is 54.6 Å². The highest BCUT2D eigenvalue weighted by molar-refractivity contribution is 7.22. The van der Waals surface area contributed by atoms with Crippen LogP contribution in [0.3, 0.4) is 0 Å². The second-order valence-electron chi connectivity index (χ2n) is 6.21. The summed E-state index contributed by atoms with van der Waals surface area (Å²) in [6, 6.07) is 16.7. The summed E-state index contributed by atoms with van der Waals surface area (Å²) in [6.45, 7) is 14.8. The van der Waals surface area contributed by atoms with Gasteiger partial charge >= 0.3 is 0 Å². The van der Waals surface area contributed by atoms with E-state index in [1.807, 2.05) is 84.0 Å². The van der Waals surface area contributed by atoms with Gasteiger partial charge in [0, 0.05) is 5.69 Å². The fraction of sp³-hybridized carbons (Fsp3) is 0.370. The third-order valence-electron chi connectivity index (χ3n) is 3.42. The van der Waals surface area contributed by atoms with Crippen LogP contribution >= 0.6 is 11.3 Å². The Morgan fingerprint density at radius 2 is 1.14 bits per heavy atom. The van der Waals surface area contributed by atoms with E-state index < -0.39 is 0 Å². The fourth-order valence-electron chi connectivity index (χ4n) is 2.27. The van der Waals surface area contributed by atoms with Gasteiger partial charge in [-0.3, -0.25) is 19.2 Å². The number of carbonyl (C=O) groups is 4. The van der Waals surface area contributed by atoms with Gasteiger partial charge in [0.2, 0.25) is 11.8 Å². The number of amides is 2. The summed E-state index contributed by atoms with van der Waals surface area (Å²) in [5, 5.41) is 5.76. The van der Waals surface area contributed by atoms with Gasteiger partial charge in [0.1, 0.15) is 11.6 Å². The van der Waals surface area contributed by atoms with E-state index in [1.54, 1.807) is 12.1 Å². The number of hydrogen-bond acceptors (Lipinski definition) is 6. The SMILES string of the molecule is CC.CC.CC.CC(=O)CC(=O)Nc1ccccc1.CC(=O)CC(=O)Nc1nc2ccccc2s1. The molecule has 0 saturated heterocycles. The number of para-hydroxylation sites is 2. The lowest BCUT2D eigenvalue weighted by Gasteiger charge is -2.01. The highest BCUT2D eigenvalue weighted by atomic mass is 32.1. The van der Waals surface area contributed by atoms with Crippen LogP contribution in [0.25, 0.3) is 10.2 Å². The zero-order valence-corrected chi connectivity index (χ0v) is 22.9. The van der Waals surface area contributed by atoms with E-state index in [2.05, 4.69) is 15.6 Å². The maximum Gasteiger partial charge on any atom is 0.233 e. The predicted molar refractivity (Wildman–Crippen MR) is 148 cm³/mol. The first-order valence-electron chi connectivity index (χ1n) is 11.8. The molecule has 192 valence electrons. The summed E-state index contributed by atoms with van der Waals surface area (Å²) in [4.78, 5) is 48.0. The lowest BCUT2D eigenvalue weighted by molar-refractivity contribution is -0.125. The third-order valence-corrected chi connectivity index (χ3v) is 4.37. The lowest BCUT2D eigenvalue weighted by atomic mass is 10.2. The number of anilines is 2. The van der Waals surface area contributed by atoms with Crippen LogP contribution < -0.4 is 10.6 Å². The minimum absolute atomic E-state index is 0.0606. The number of rotatable bonds is 6. The molecule has 2 aromatic carbocycles. The molecular formula is C27H39N3O4S. The van der Waals surface area contributed by atoms with Crippen molar-refractivity contribution in [2.45, 2.75) is 68.2 Å². The van der Waals surface area contributed by atoms with Gasteiger partial charge in [0.05, 0.1) is 23.1 Å². The number of nitrogens with one attached hydrogen (secondary N) is 2. The highest BCUT2D eigenvalue weighted by Crippen LogP contribution is 2.25. The van der Waals surface area contributed by atoms with Gasteiger partial charge in [-0.2, -0.15) is 0 Å². The Morgan fingerprint density at radius 1 is 0.686 bits per heavy atom. The Morgan fingerprint density at radius 3 is 1.63 bits per heavy atom. The molecule has 0 unspecified atom stereocenters. The molecule has 2 N–H and O–H groups in total. The first-order chi connectivity index (χ1) is 16.8. The second kappa shape index (κ2) is 21.2. The Labute approximate surface area is 213 Å². The van der Waals surface area contributed by atoms with Crippen LogP contribution in [0.4, 0.5) is 10.8 Å². The number of hydrogen-bond donors (Lipinski definition) is 2. The van der Waals surface area contributed by atoms with Crippen LogP contribution in [0, 0.1) is 0 Å². The summed E-state index contributed by atoms with van der Waals surface area (Å²) in [7, 11) is 0. The molecule has 3 aromatic rings. The molecule has 0 saturated carbocycles. The van der Waals surface area contributed by atoms with Gasteiger partial charge in [-0.15, -0.1) is 0 Å². The van der Waals surface area contributed by atoms with Crippen LogP contribution in [0.1, 0.15) is 68.2 Å². The Balaban J connectivity index is 0. The maximum absolute atomic E-state index is 11.3. The van der Waals surface area contributed by atoms with Crippen molar-refractivity contribution in [1.82, 2.24) is 4.98 Å². The van der Waals surface area contributed by atoms with Crippen LogP contribution in [-0.4, -0.2) is 28.4 Å². The number of nitrogens with zero attached hydrogens (tertiary/aromatic N) is 1. The normalized spacial score (nSPS) is 8.69. The average Bonchev–Trinajstić information content (AvgIpc) is 3.25. The molecule has 3 rings (SSSR count). The third kappa shape index (κ3) is 16.0. The zero-order valence-electron chi connectivity index (χ0n) is 22.1. The van der Waals surface area contributed by atoms with Gasteiger partial charge in [-0.25, -0.2) is 4.98 Å². The molecule has 1 aromatic heterocycles. The minimum atomic E-state index is -0.313. The molecule has 7 nitrogen and oxygen atoms in total. The Hall–Kier alpha value is -3.39. The number of fused-ring (bicyclic) bond motifs is 1. The Bertz CT molecular complexity index is 984. The molecule has 35 heavy (non-hydrogen) atoms. The van der Waals surface area contributed by atoms with Crippen LogP contribution in [0.2, 0.25) is 0 Å². The molecule has 0 bridgehead atoms. The number of thiazole rings is 1. The molecule has 8 heteroatoms. The van der Waals surface area contributed by atoms with Crippen molar-refractivity contribution in [3.8, 4) is 0 Å². The summed E-state index contributed by atoms with van der Waals surface area (Å²) < 4.78 is 1.01. The number of Topliss-reactive ketones (excluding diaryl/α,β-unsaturated/α-hetero) is 2. The average molecular weight is 502 g/mol. The predicted octanol–water partition coefficient (Wildman–Crippen LogP) is 6.90. The van der Waals surface area contributed by atoms with Gasteiger partial charge in [-0.1, -0.05) is 83.2 Å². The molecule has 0 radical (unpaired) electrons. The Kier molecular flexibility index (Phi) is 20.4. The summed E-state index contributed by atoms with van der Waals surface area (Å²) in [6.07, 6.45) is -0.162. The van der Waals surface area contributed by atoms with Crippen molar-refractivity contribution in [1.29, 1.82) is 0 Å². The van der Waals surface area contributed by atoms with Crippen LogP contribution in [0.5, 0.6) is 0 Å². The molecule has 0 aliphatic rings. The molecular weight excluding hydrogens is 462 g/mol. The van der Waals surface area contributed by atoms with E-state index in [9.17, 15) is 19.2 Å². The fourth-order valence-corrected chi connectivity index (χ4v) is 3.15. The molecule has 0 fully saturated rings. The van der Waals surface area contributed by atoms with Gasteiger partial charge in [-0.05, 0) is 38.1 Å². The van der Waals surface area contributed by atoms with E-state index >= 15 is 0 Å². The molecule has 0 spiro atoms. The highest BCUT2D eigenvalue weighted by Gasteiger charge is 2.09. The molecule has 0 atom stereocenters. The first-order valence-corrected chi connectivity index (χ1v) is 12.6. The summed E-state index contributed by atoms with van der Waals surface area (Å²) in [5.74, 6) is -0.864. The van der Waals surface area contributed by atoms with Crippen molar-refractivity contribution in [2.75, 3.05) is 10.6 Å². The smallest absolute Gasteiger partial charge is 0.233 e. The van der Waals surface area contributed by atoms with Gasteiger partial charge in [0.25, 0.3) is 0 Å². The minimum Gasteiger partial charge on any atom is -0.326 e. The monoisotopic (exact) mass is 501 g/mol. The zero-order chi connectivity index (χ0) is 27.2. The van der Waals surface area contributed by atoms with E-state index in [1.165, 1.54) is 25.2 Å². The van der Waals surface area contributed by atoms with Gasteiger partial charge < -0.3 is 10.6 Å². The van der Waals surface area contributed by atoms with E-state index in [0.29, 0.717) is 10.8 Å². The number of benzene rings is 2. The summed E-state index contributed by atoms with van der Waals surface area (Å²) in [5.41, 5.74) is 1.57. The van der Waals surface area contributed by atoms with Crippen molar-refractivity contribution in [3.63, 3.8) is 0 Å². The maximum atomic E-state index is 11.3. The van der Waals surface area contributed by atoms with Crippen LogP contribution in [0.15, 0.2) is 54.6 Å². The standard InChI is InChI=1S/C11H10N2O2S.C10H11NO2.3C2H6/c1-7(14)6-10(15)13-11-12-8-4-2-3-5-9(8)16-11;1-8(12)7-10(13)11-9-5-3-2-4-6-9;3*1-2/h2-5H,6H2,1H3,(H,12,13,15);2-6H,7H2,1H3,(H,11,13);3*1-2H3. The quantitative estimate of drug-likeness (QED) is 0.358. The molecule has 0 aliphatic heterocycles. The van der Waals surface area contributed by atoms with Crippen molar-refractivity contribution in [2.24, 2.45) is 0 Å². The van der Waals surface area contributed by atoms with Gasteiger partial charge in [0.15, 0.2) is 5.13 Å². The number of carbonyl (C=O) groups excluding carboxylic acids is 4. The van der Waals surface area contributed by atoms with E-state index in [4.69, 9.17) is 0 Å². The topological polar surface area (TPSA) is 105 Å². The lowest BCUT2D eigenvalue weighted by Crippen LogP contribution is -2.14. The molecule has 2 amide bonds. The van der Waals surface area contributed by atoms with Crippen LogP contribution in [-0.2, 0) is 19.2 Å². The summed E-state index contributed by atoms with van der Waals surface area (Å²) >= 11 is 1.40. The van der Waals surface area contributed by atoms with E-state index in [0.717, 1.165) is 10.2 Å². The molecule has 0 aliphatic carbocycles. The number of ketones is 2. The van der Waals surface area contributed by atoms with Crippen molar-refractivity contribution >= 4 is 55.8 Å². The van der Waals surface area contributed by atoms with E-state index in [-0.39, 0.29) is 36.2 Å². The largest absolute Gasteiger partial charge is 0.326 e. The second-order valence-corrected chi connectivity index (χ2v) is 7.24. The van der Waals surface area contributed by atoms with Crippen molar-refractivity contribution < 1.29 is 19.2 Å². The number of aromatic nitrogens is 1. The molecule has 1 heterocycles.